The third kappa shape index (κ3) is 1.51. The van der Waals surface area contributed by atoms with Crippen molar-refractivity contribution < 1.29 is 0 Å². The number of anilines is 1. The second kappa shape index (κ2) is 3.72. The molecule has 1 saturated carbocycles. The minimum absolute atomic E-state index is 0.372. The lowest BCUT2D eigenvalue weighted by atomic mass is 9.95. The van der Waals surface area contributed by atoms with Gasteiger partial charge in [-0.25, -0.2) is 0 Å². The first kappa shape index (κ1) is 12.0. The highest BCUT2D eigenvalue weighted by Gasteiger charge is 2.52. The molecular weight excluding hydrogens is 220 g/mol. The Bertz CT molecular complexity index is 471. The maximum atomic E-state index is 4.69. The molecule has 1 aromatic rings. The highest BCUT2D eigenvalue weighted by molar-refractivity contribution is 5.61. The van der Waals surface area contributed by atoms with E-state index < -0.39 is 0 Å². The van der Waals surface area contributed by atoms with Crippen LogP contribution in [-0.2, 0) is 0 Å². The van der Waals surface area contributed by atoms with Crippen molar-refractivity contribution in [3.63, 3.8) is 0 Å². The zero-order valence-corrected chi connectivity index (χ0v) is 12.2. The van der Waals surface area contributed by atoms with Gasteiger partial charge < -0.3 is 4.90 Å². The molecule has 1 aliphatic heterocycles. The highest BCUT2D eigenvalue weighted by atomic mass is 15.3. The SMILES string of the molecule is Cc1cc(C)c(N2C(C)C3CCC2(C)C3)c(C)n1. The minimum Gasteiger partial charge on any atom is -0.361 e. The number of hydrogen-bond acceptors (Lipinski definition) is 2. The van der Waals surface area contributed by atoms with Crippen molar-refractivity contribution >= 4 is 5.69 Å². The minimum atomic E-state index is 0.372. The van der Waals surface area contributed by atoms with Crippen molar-refractivity contribution in [2.45, 2.75) is 65.5 Å². The van der Waals surface area contributed by atoms with Gasteiger partial charge in [0.05, 0.1) is 11.4 Å². The number of fused-ring (bicyclic) bond motifs is 2. The van der Waals surface area contributed by atoms with E-state index in [0.29, 0.717) is 11.6 Å². The van der Waals surface area contributed by atoms with Crippen molar-refractivity contribution in [1.29, 1.82) is 0 Å². The van der Waals surface area contributed by atoms with Crippen molar-refractivity contribution in [3.05, 3.63) is 23.0 Å². The molecule has 3 unspecified atom stereocenters. The van der Waals surface area contributed by atoms with E-state index in [9.17, 15) is 0 Å². The Balaban J connectivity index is 2.11. The van der Waals surface area contributed by atoms with Crippen molar-refractivity contribution in [1.82, 2.24) is 4.98 Å². The molecule has 2 fully saturated rings. The van der Waals surface area contributed by atoms with Crippen LogP contribution in [0.1, 0.15) is 50.1 Å². The van der Waals surface area contributed by atoms with Crippen molar-refractivity contribution in [3.8, 4) is 0 Å². The van der Waals surface area contributed by atoms with Gasteiger partial charge in [-0.1, -0.05) is 0 Å². The van der Waals surface area contributed by atoms with E-state index in [1.807, 2.05) is 0 Å². The van der Waals surface area contributed by atoms with Crippen LogP contribution in [0, 0.1) is 26.7 Å². The topological polar surface area (TPSA) is 16.1 Å². The lowest BCUT2D eigenvalue weighted by Gasteiger charge is -2.43. The van der Waals surface area contributed by atoms with Crippen LogP contribution in [0.3, 0.4) is 0 Å². The lowest BCUT2D eigenvalue weighted by molar-refractivity contribution is 0.401. The maximum absolute atomic E-state index is 4.69. The van der Waals surface area contributed by atoms with E-state index in [4.69, 9.17) is 0 Å². The van der Waals surface area contributed by atoms with Crippen LogP contribution in [0.4, 0.5) is 5.69 Å². The summed E-state index contributed by atoms with van der Waals surface area (Å²) in [4.78, 5) is 7.37. The Morgan fingerprint density at radius 1 is 1.33 bits per heavy atom. The molecule has 2 aliphatic rings. The van der Waals surface area contributed by atoms with Gasteiger partial charge in [-0.2, -0.15) is 0 Å². The highest BCUT2D eigenvalue weighted by Crippen LogP contribution is 2.52. The molecular formula is C16H24N2. The molecule has 2 heterocycles. The number of rotatable bonds is 1. The van der Waals surface area contributed by atoms with Gasteiger partial charge in [-0.05, 0) is 71.4 Å². The van der Waals surface area contributed by atoms with Gasteiger partial charge in [0.2, 0.25) is 0 Å². The summed E-state index contributed by atoms with van der Waals surface area (Å²) < 4.78 is 0. The second-order valence-electron chi connectivity index (χ2n) is 6.62. The van der Waals surface area contributed by atoms with Crippen LogP contribution in [0.2, 0.25) is 0 Å². The van der Waals surface area contributed by atoms with Gasteiger partial charge in [-0.3, -0.25) is 4.98 Å². The summed E-state index contributed by atoms with van der Waals surface area (Å²) in [6.45, 7) is 11.3. The predicted molar refractivity (Wildman–Crippen MR) is 76.1 cm³/mol. The summed E-state index contributed by atoms with van der Waals surface area (Å²) in [7, 11) is 0. The summed E-state index contributed by atoms with van der Waals surface area (Å²) in [5.41, 5.74) is 5.50. The zero-order valence-electron chi connectivity index (χ0n) is 12.2. The fraction of sp³-hybridized carbons (Fsp3) is 0.688. The number of nitrogens with zero attached hydrogens (tertiary/aromatic N) is 2. The fourth-order valence-corrected chi connectivity index (χ4v) is 4.45. The van der Waals surface area contributed by atoms with E-state index in [2.05, 4.69) is 50.6 Å². The molecule has 0 radical (unpaired) electrons. The largest absolute Gasteiger partial charge is 0.361 e. The third-order valence-electron chi connectivity index (χ3n) is 5.15. The molecule has 1 aromatic heterocycles. The predicted octanol–water partition coefficient (Wildman–Crippen LogP) is 3.77. The van der Waals surface area contributed by atoms with Gasteiger partial charge in [0, 0.05) is 17.3 Å². The molecule has 2 nitrogen and oxygen atoms in total. The standard InChI is InChI=1S/C16H24N2/c1-10-8-11(2)17-12(3)15(10)18-13(4)14-6-7-16(18,5)9-14/h8,13-14H,6-7,9H2,1-5H3. The van der Waals surface area contributed by atoms with E-state index in [1.54, 1.807) is 0 Å². The number of hydrogen-bond donors (Lipinski definition) is 0. The fourth-order valence-electron chi connectivity index (χ4n) is 4.45. The maximum Gasteiger partial charge on any atom is 0.0619 e. The summed E-state index contributed by atoms with van der Waals surface area (Å²) in [6.07, 6.45) is 4.11. The number of aromatic nitrogens is 1. The number of piperidine rings is 1. The zero-order chi connectivity index (χ0) is 13.1. The molecule has 2 bridgehead atoms. The molecule has 1 saturated heterocycles. The first-order valence-corrected chi connectivity index (χ1v) is 7.16. The lowest BCUT2D eigenvalue weighted by Crippen LogP contribution is -2.47. The quantitative estimate of drug-likeness (QED) is 0.747. The van der Waals surface area contributed by atoms with E-state index in [0.717, 1.165) is 11.6 Å². The van der Waals surface area contributed by atoms with Gasteiger partial charge in [0.15, 0.2) is 0 Å². The van der Waals surface area contributed by atoms with Gasteiger partial charge >= 0.3 is 0 Å². The molecule has 98 valence electrons. The monoisotopic (exact) mass is 244 g/mol. The molecule has 0 aromatic carbocycles. The molecule has 0 amide bonds. The van der Waals surface area contributed by atoms with Gasteiger partial charge in [0.1, 0.15) is 0 Å². The van der Waals surface area contributed by atoms with E-state index in [1.165, 1.54) is 36.2 Å². The molecule has 3 rings (SSSR count). The van der Waals surface area contributed by atoms with Crippen molar-refractivity contribution in [2.24, 2.45) is 5.92 Å². The van der Waals surface area contributed by atoms with Gasteiger partial charge in [-0.15, -0.1) is 0 Å². The van der Waals surface area contributed by atoms with Crippen LogP contribution in [-0.4, -0.2) is 16.6 Å². The molecule has 0 spiro atoms. The summed E-state index contributed by atoms with van der Waals surface area (Å²) >= 11 is 0. The normalized spacial score (nSPS) is 34.4. The average Bonchev–Trinajstić information content (AvgIpc) is 2.74. The number of aryl methyl sites for hydroxylation is 3. The Morgan fingerprint density at radius 3 is 2.61 bits per heavy atom. The van der Waals surface area contributed by atoms with E-state index in [-0.39, 0.29) is 0 Å². The second-order valence-corrected chi connectivity index (χ2v) is 6.62. The molecule has 18 heavy (non-hydrogen) atoms. The summed E-state index contributed by atoms with van der Waals surface area (Å²) in [6, 6.07) is 2.90. The van der Waals surface area contributed by atoms with Crippen LogP contribution in [0.5, 0.6) is 0 Å². The molecule has 2 heteroatoms. The van der Waals surface area contributed by atoms with Crippen LogP contribution < -0.4 is 4.90 Å². The van der Waals surface area contributed by atoms with Crippen LogP contribution in [0.25, 0.3) is 0 Å². The smallest absolute Gasteiger partial charge is 0.0619 e. The van der Waals surface area contributed by atoms with Crippen molar-refractivity contribution in [2.75, 3.05) is 4.90 Å². The Labute approximate surface area is 110 Å². The molecule has 0 N–H and O–H groups in total. The Hall–Kier alpha value is -1.05. The Morgan fingerprint density at radius 2 is 2.06 bits per heavy atom. The first-order valence-electron chi connectivity index (χ1n) is 7.16. The first-order chi connectivity index (χ1) is 8.42. The molecule has 3 atom stereocenters. The molecule has 1 aliphatic carbocycles. The van der Waals surface area contributed by atoms with E-state index >= 15 is 0 Å². The third-order valence-corrected chi connectivity index (χ3v) is 5.15. The average molecular weight is 244 g/mol. The Kier molecular flexibility index (Phi) is 2.48. The summed E-state index contributed by atoms with van der Waals surface area (Å²) in [5, 5.41) is 0. The number of pyridine rings is 1. The van der Waals surface area contributed by atoms with Crippen LogP contribution >= 0.6 is 0 Å². The summed E-state index contributed by atoms with van der Waals surface area (Å²) in [5.74, 6) is 0.884. The van der Waals surface area contributed by atoms with Gasteiger partial charge in [0.25, 0.3) is 0 Å². The van der Waals surface area contributed by atoms with Crippen LogP contribution in [0.15, 0.2) is 6.07 Å².